The lowest BCUT2D eigenvalue weighted by Crippen LogP contribution is -2.30. The van der Waals surface area contributed by atoms with Crippen LogP contribution in [0.3, 0.4) is 0 Å². The van der Waals surface area contributed by atoms with Gasteiger partial charge in [0.1, 0.15) is 5.82 Å². The van der Waals surface area contributed by atoms with Crippen LogP contribution in [0.25, 0.3) is 0 Å². The molecule has 100 valence electrons. The van der Waals surface area contributed by atoms with Gasteiger partial charge in [0.2, 0.25) is 0 Å². The number of hydrogen-bond donors (Lipinski definition) is 2. The Morgan fingerprint density at radius 1 is 1.16 bits per heavy atom. The molecular weight excluding hydrogens is 255 g/mol. The largest absolute Gasteiger partial charge is 0.271 e. The molecule has 2 rings (SSSR count). The molecule has 0 aliphatic carbocycles. The summed E-state index contributed by atoms with van der Waals surface area (Å²) in [6, 6.07) is 3.13. The van der Waals surface area contributed by atoms with Crippen molar-refractivity contribution >= 4 is 0 Å². The topological polar surface area (TPSA) is 50.9 Å². The van der Waals surface area contributed by atoms with Gasteiger partial charge in [0.05, 0.1) is 12.2 Å². The molecule has 0 aliphatic rings. The predicted octanol–water partition coefficient (Wildman–Crippen LogP) is 2.36. The molecule has 3 nitrogen and oxygen atoms in total. The fourth-order valence-corrected chi connectivity index (χ4v) is 1.84. The van der Waals surface area contributed by atoms with Crippen LogP contribution >= 0.6 is 0 Å². The van der Waals surface area contributed by atoms with Crippen molar-refractivity contribution in [2.75, 3.05) is 0 Å². The summed E-state index contributed by atoms with van der Waals surface area (Å²) < 4.78 is 40.6. The number of halogens is 3. The van der Waals surface area contributed by atoms with Gasteiger partial charge in [-0.25, -0.2) is 18.6 Å². The zero-order chi connectivity index (χ0) is 14.0. The van der Waals surface area contributed by atoms with Gasteiger partial charge >= 0.3 is 0 Å². The monoisotopic (exact) mass is 267 g/mol. The maximum absolute atomic E-state index is 13.9. The summed E-state index contributed by atoms with van der Waals surface area (Å²) in [5, 5.41) is 0. The summed E-state index contributed by atoms with van der Waals surface area (Å²) in [5.41, 5.74) is 2.83. The molecule has 1 aromatic carbocycles. The van der Waals surface area contributed by atoms with Crippen LogP contribution in [0.5, 0.6) is 0 Å². The lowest BCUT2D eigenvalue weighted by molar-refractivity contribution is 0.477. The first-order valence-electron chi connectivity index (χ1n) is 5.55. The van der Waals surface area contributed by atoms with Crippen LogP contribution in [-0.2, 0) is 0 Å². The van der Waals surface area contributed by atoms with Crippen molar-refractivity contribution < 1.29 is 13.2 Å². The van der Waals surface area contributed by atoms with Crippen molar-refractivity contribution in [1.82, 2.24) is 10.4 Å². The lowest BCUT2D eigenvalue weighted by atomic mass is 9.98. The Kier molecular flexibility index (Phi) is 3.82. The number of nitrogens with zero attached hydrogens (tertiary/aromatic N) is 1. The summed E-state index contributed by atoms with van der Waals surface area (Å²) in [6.07, 6.45) is 2.36. The quantitative estimate of drug-likeness (QED) is 0.663. The number of nitrogens with two attached hydrogens (primary N) is 1. The summed E-state index contributed by atoms with van der Waals surface area (Å²) in [7, 11) is 0. The molecule has 0 amide bonds. The van der Waals surface area contributed by atoms with Gasteiger partial charge in [-0.2, -0.15) is 0 Å². The molecule has 1 heterocycles. The lowest BCUT2D eigenvalue weighted by Gasteiger charge is -2.18. The third kappa shape index (κ3) is 2.59. The molecule has 6 heteroatoms. The zero-order valence-corrected chi connectivity index (χ0v) is 10.1. The summed E-state index contributed by atoms with van der Waals surface area (Å²) >= 11 is 0. The highest BCUT2D eigenvalue weighted by Gasteiger charge is 2.20. The summed E-state index contributed by atoms with van der Waals surface area (Å²) in [6.45, 7) is 1.46. The van der Waals surface area contributed by atoms with Crippen molar-refractivity contribution in [2.24, 2.45) is 5.84 Å². The van der Waals surface area contributed by atoms with E-state index in [0.29, 0.717) is 5.56 Å². The van der Waals surface area contributed by atoms with E-state index in [2.05, 4.69) is 10.4 Å². The number of pyridine rings is 1. The van der Waals surface area contributed by atoms with Crippen molar-refractivity contribution in [1.29, 1.82) is 0 Å². The third-order valence-electron chi connectivity index (χ3n) is 2.84. The fraction of sp³-hybridized carbons (Fsp3) is 0.154. The molecule has 0 saturated heterocycles. The molecular formula is C13H12F3N3. The molecule has 0 fully saturated rings. The van der Waals surface area contributed by atoms with Gasteiger partial charge in [-0.15, -0.1) is 0 Å². The van der Waals surface area contributed by atoms with Crippen LogP contribution in [0.2, 0.25) is 0 Å². The van der Waals surface area contributed by atoms with E-state index in [1.165, 1.54) is 25.3 Å². The average molecular weight is 267 g/mol. The SMILES string of the molecule is Cc1ccc(C(NN)c2cncc(F)c2)c(F)c1F. The minimum atomic E-state index is -1.01. The maximum atomic E-state index is 13.9. The van der Waals surface area contributed by atoms with Crippen molar-refractivity contribution in [3.05, 3.63) is 64.7 Å². The van der Waals surface area contributed by atoms with Crippen molar-refractivity contribution in [3.63, 3.8) is 0 Å². The van der Waals surface area contributed by atoms with Gasteiger partial charge in [-0.1, -0.05) is 12.1 Å². The number of aryl methyl sites for hydroxylation is 1. The average Bonchev–Trinajstić information content (AvgIpc) is 2.40. The molecule has 0 radical (unpaired) electrons. The summed E-state index contributed by atoms with van der Waals surface area (Å²) in [5.74, 6) is 2.83. The smallest absolute Gasteiger partial charge is 0.164 e. The first kappa shape index (κ1) is 13.5. The first-order valence-corrected chi connectivity index (χ1v) is 5.55. The zero-order valence-electron chi connectivity index (χ0n) is 10.1. The highest BCUT2D eigenvalue weighted by atomic mass is 19.2. The Labute approximate surface area is 108 Å². The molecule has 2 aromatic rings. The van der Waals surface area contributed by atoms with E-state index < -0.39 is 23.5 Å². The van der Waals surface area contributed by atoms with Crippen LogP contribution in [0.4, 0.5) is 13.2 Å². The van der Waals surface area contributed by atoms with Crippen LogP contribution < -0.4 is 11.3 Å². The minimum absolute atomic E-state index is 0.00185. The van der Waals surface area contributed by atoms with Crippen LogP contribution in [-0.4, -0.2) is 4.98 Å². The van der Waals surface area contributed by atoms with Crippen LogP contribution in [0.15, 0.2) is 30.6 Å². The molecule has 1 unspecified atom stereocenters. The number of nitrogens with one attached hydrogen (secondary N) is 1. The molecule has 1 aromatic heterocycles. The summed E-state index contributed by atoms with van der Waals surface area (Å²) in [4.78, 5) is 3.66. The standard InChI is InChI=1S/C13H12F3N3/c1-7-2-3-10(12(16)11(7)15)13(19-17)8-4-9(14)6-18-5-8/h2-6,13,19H,17H2,1H3. The van der Waals surface area contributed by atoms with E-state index in [1.54, 1.807) is 0 Å². The second-order valence-corrected chi connectivity index (χ2v) is 4.14. The van der Waals surface area contributed by atoms with Gasteiger partial charge in [-0.05, 0) is 24.1 Å². The Bertz CT molecular complexity index is 602. The molecule has 0 aliphatic heterocycles. The molecule has 0 saturated carbocycles. The predicted molar refractivity (Wildman–Crippen MR) is 64.5 cm³/mol. The van der Waals surface area contributed by atoms with Crippen LogP contribution in [0.1, 0.15) is 22.7 Å². The Balaban J connectivity index is 2.51. The van der Waals surface area contributed by atoms with Crippen molar-refractivity contribution in [2.45, 2.75) is 13.0 Å². The normalized spacial score (nSPS) is 12.5. The molecule has 19 heavy (non-hydrogen) atoms. The second kappa shape index (κ2) is 5.38. The third-order valence-corrected chi connectivity index (χ3v) is 2.84. The van der Waals surface area contributed by atoms with Crippen LogP contribution in [0, 0.1) is 24.4 Å². The fourth-order valence-electron chi connectivity index (χ4n) is 1.84. The Morgan fingerprint density at radius 2 is 1.89 bits per heavy atom. The number of aromatic nitrogens is 1. The molecule has 3 N–H and O–H groups in total. The first-order chi connectivity index (χ1) is 9.04. The Morgan fingerprint density at radius 3 is 2.53 bits per heavy atom. The maximum Gasteiger partial charge on any atom is 0.164 e. The van der Waals surface area contributed by atoms with Gasteiger partial charge in [-0.3, -0.25) is 10.8 Å². The van der Waals surface area contributed by atoms with Gasteiger partial charge < -0.3 is 0 Å². The molecule has 1 atom stereocenters. The van der Waals surface area contributed by atoms with E-state index in [9.17, 15) is 13.2 Å². The molecule has 0 spiro atoms. The van der Waals surface area contributed by atoms with Gasteiger partial charge in [0.15, 0.2) is 11.6 Å². The van der Waals surface area contributed by atoms with E-state index in [4.69, 9.17) is 5.84 Å². The highest BCUT2D eigenvalue weighted by Crippen LogP contribution is 2.26. The minimum Gasteiger partial charge on any atom is -0.271 e. The Hall–Kier alpha value is -1.92. The highest BCUT2D eigenvalue weighted by molar-refractivity contribution is 5.34. The van der Waals surface area contributed by atoms with Crippen molar-refractivity contribution in [3.8, 4) is 0 Å². The molecule has 0 bridgehead atoms. The number of hydrogen-bond acceptors (Lipinski definition) is 3. The van der Waals surface area contributed by atoms with Gasteiger partial charge in [0, 0.05) is 11.8 Å². The van der Waals surface area contributed by atoms with E-state index in [1.807, 2.05) is 0 Å². The van der Waals surface area contributed by atoms with E-state index >= 15 is 0 Å². The van der Waals surface area contributed by atoms with E-state index in [-0.39, 0.29) is 11.1 Å². The number of rotatable bonds is 3. The number of benzene rings is 1. The van der Waals surface area contributed by atoms with E-state index in [0.717, 1.165) is 12.3 Å². The second-order valence-electron chi connectivity index (χ2n) is 4.14. The van der Waals surface area contributed by atoms with Gasteiger partial charge in [0.25, 0.3) is 0 Å². The number of hydrazine groups is 1.